The Labute approximate surface area is 99.1 Å². The SMILES string of the molecule is CCC(Br)C(=O)N1CCS(=O)(=O)CC1C. The second-order valence-corrected chi connectivity index (χ2v) is 7.20. The Balaban J connectivity index is 2.70. The molecule has 0 radical (unpaired) electrons. The smallest absolute Gasteiger partial charge is 0.236 e. The van der Waals surface area contributed by atoms with Gasteiger partial charge in [-0.15, -0.1) is 0 Å². The number of alkyl halides is 1. The van der Waals surface area contributed by atoms with Gasteiger partial charge in [-0.1, -0.05) is 22.9 Å². The van der Waals surface area contributed by atoms with Gasteiger partial charge >= 0.3 is 0 Å². The van der Waals surface area contributed by atoms with Crippen LogP contribution in [0, 0.1) is 0 Å². The number of rotatable bonds is 2. The molecule has 1 rings (SSSR count). The van der Waals surface area contributed by atoms with E-state index in [2.05, 4.69) is 15.9 Å². The van der Waals surface area contributed by atoms with Crippen molar-refractivity contribution in [2.75, 3.05) is 18.1 Å². The largest absolute Gasteiger partial charge is 0.337 e. The van der Waals surface area contributed by atoms with Gasteiger partial charge in [0.15, 0.2) is 9.84 Å². The summed E-state index contributed by atoms with van der Waals surface area (Å²) >= 11 is 3.29. The number of amides is 1. The zero-order chi connectivity index (χ0) is 11.6. The minimum Gasteiger partial charge on any atom is -0.337 e. The molecule has 0 saturated carbocycles. The molecule has 1 aliphatic heterocycles. The van der Waals surface area contributed by atoms with Crippen LogP contribution in [0.4, 0.5) is 0 Å². The summed E-state index contributed by atoms with van der Waals surface area (Å²) in [5.41, 5.74) is 0. The molecular formula is C9H16BrNO3S. The normalized spacial score (nSPS) is 27.4. The summed E-state index contributed by atoms with van der Waals surface area (Å²) in [6, 6.07) is -0.206. The third-order valence-corrected chi connectivity index (χ3v) is 5.41. The van der Waals surface area contributed by atoms with Gasteiger partial charge in [-0.2, -0.15) is 0 Å². The van der Waals surface area contributed by atoms with Gasteiger partial charge in [0.1, 0.15) is 0 Å². The topological polar surface area (TPSA) is 54.5 Å². The first kappa shape index (κ1) is 13.0. The average molecular weight is 298 g/mol. The van der Waals surface area contributed by atoms with Crippen molar-refractivity contribution < 1.29 is 13.2 Å². The van der Waals surface area contributed by atoms with Gasteiger partial charge in [-0.25, -0.2) is 8.42 Å². The van der Waals surface area contributed by atoms with Crippen molar-refractivity contribution in [3.8, 4) is 0 Å². The molecule has 1 aliphatic rings. The summed E-state index contributed by atoms with van der Waals surface area (Å²) in [4.78, 5) is 13.3. The highest BCUT2D eigenvalue weighted by molar-refractivity contribution is 9.10. The molecule has 1 heterocycles. The Morgan fingerprint density at radius 1 is 1.60 bits per heavy atom. The van der Waals surface area contributed by atoms with Gasteiger partial charge in [0.2, 0.25) is 5.91 Å². The summed E-state index contributed by atoms with van der Waals surface area (Å²) in [6.07, 6.45) is 0.717. The molecular weight excluding hydrogens is 282 g/mol. The third-order valence-electron chi connectivity index (χ3n) is 2.58. The first-order valence-corrected chi connectivity index (χ1v) is 7.76. The predicted molar refractivity (Wildman–Crippen MR) is 62.8 cm³/mol. The van der Waals surface area contributed by atoms with Crippen LogP contribution in [-0.4, -0.2) is 48.1 Å². The molecule has 0 aromatic rings. The molecule has 0 aliphatic carbocycles. The van der Waals surface area contributed by atoms with Gasteiger partial charge < -0.3 is 4.90 Å². The van der Waals surface area contributed by atoms with Crippen molar-refractivity contribution >= 4 is 31.7 Å². The number of carbonyl (C=O) groups excluding carboxylic acids is 1. The second kappa shape index (κ2) is 4.82. The van der Waals surface area contributed by atoms with Crippen LogP contribution in [-0.2, 0) is 14.6 Å². The number of sulfone groups is 1. The van der Waals surface area contributed by atoms with E-state index in [1.807, 2.05) is 6.92 Å². The van der Waals surface area contributed by atoms with Gasteiger partial charge in [0.25, 0.3) is 0 Å². The van der Waals surface area contributed by atoms with Crippen LogP contribution in [0.5, 0.6) is 0 Å². The van der Waals surface area contributed by atoms with Crippen molar-refractivity contribution in [2.45, 2.75) is 31.1 Å². The molecule has 15 heavy (non-hydrogen) atoms. The van der Waals surface area contributed by atoms with Crippen molar-refractivity contribution in [1.82, 2.24) is 4.90 Å². The van der Waals surface area contributed by atoms with Gasteiger partial charge in [-0.3, -0.25) is 4.79 Å². The molecule has 4 nitrogen and oxygen atoms in total. The van der Waals surface area contributed by atoms with Crippen LogP contribution >= 0.6 is 15.9 Å². The number of carbonyl (C=O) groups is 1. The van der Waals surface area contributed by atoms with E-state index in [1.54, 1.807) is 11.8 Å². The molecule has 0 aromatic heterocycles. The molecule has 1 amide bonds. The molecule has 88 valence electrons. The zero-order valence-corrected chi connectivity index (χ0v) is 11.3. The number of nitrogens with zero attached hydrogens (tertiary/aromatic N) is 1. The van der Waals surface area contributed by atoms with Crippen molar-refractivity contribution in [1.29, 1.82) is 0 Å². The lowest BCUT2D eigenvalue weighted by Crippen LogP contribution is -2.51. The summed E-state index contributed by atoms with van der Waals surface area (Å²) in [5.74, 6) is 0.175. The first-order chi connectivity index (χ1) is 6.87. The lowest BCUT2D eigenvalue weighted by Gasteiger charge is -2.34. The molecule has 2 atom stereocenters. The first-order valence-electron chi connectivity index (χ1n) is 5.02. The van der Waals surface area contributed by atoms with Crippen molar-refractivity contribution in [2.24, 2.45) is 0 Å². The van der Waals surface area contributed by atoms with E-state index in [4.69, 9.17) is 0 Å². The second-order valence-electron chi connectivity index (χ2n) is 3.87. The summed E-state index contributed by atoms with van der Waals surface area (Å²) in [7, 11) is -2.94. The Morgan fingerprint density at radius 3 is 2.67 bits per heavy atom. The predicted octanol–water partition coefficient (Wildman–Crippen LogP) is 0.805. The molecule has 0 spiro atoms. The lowest BCUT2D eigenvalue weighted by molar-refractivity contribution is -0.132. The maximum atomic E-state index is 11.8. The molecule has 0 N–H and O–H groups in total. The van der Waals surface area contributed by atoms with E-state index in [1.165, 1.54) is 0 Å². The van der Waals surface area contributed by atoms with Crippen LogP contribution in [0.2, 0.25) is 0 Å². The van der Waals surface area contributed by atoms with E-state index < -0.39 is 9.84 Å². The lowest BCUT2D eigenvalue weighted by atomic mass is 10.2. The molecule has 0 aromatic carbocycles. The van der Waals surface area contributed by atoms with E-state index in [9.17, 15) is 13.2 Å². The van der Waals surface area contributed by atoms with E-state index >= 15 is 0 Å². The van der Waals surface area contributed by atoms with Gasteiger partial charge in [0.05, 0.1) is 16.3 Å². The maximum absolute atomic E-state index is 11.8. The Morgan fingerprint density at radius 2 is 2.20 bits per heavy atom. The van der Waals surface area contributed by atoms with Crippen LogP contribution in [0.1, 0.15) is 20.3 Å². The highest BCUT2D eigenvalue weighted by Gasteiger charge is 2.32. The summed E-state index contributed by atoms with van der Waals surface area (Å²) in [6.45, 7) is 4.02. The fourth-order valence-electron chi connectivity index (χ4n) is 1.68. The molecule has 2 unspecified atom stereocenters. The monoisotopic (exact) mass is 297 g/mol. The highest BCUT2D eigenvalue weighted by atomic mass is 79.9. The van der Waals surface area contributed by atoms with E-state index in [0.717, 1.165) is 6.42 Å². The van der Waals surface area contributed by atoms with Crippen molar-refractivity contribution in [3.05, 3.63) is 0 Å². The minimum absolute atomic E-state index is 0.0000926. The summed E-state index contributed by atoms with van der Waals surface area (Å²) in [5, 5.41) is 0. The van der Waals surface area contributed by atoms with Crippen LogP contribution in [0.15, 0.2) is 0 Å². The van der Waals surface area contributed by atoms with E-state index in [0.29, 0.717) is 6.54 Å². The number of hydrogen-bond acceptors (Lipinski definition) is 3. The summed E-state index contributed by atoms with van der Waals surface area (Å²) < 4.78 is 22.6. The molecule has 1 fully saturated rings. The third kappa shape index (κ3) is 3.17. The highest BCUT2D eigenvalue weighted by Crippen LogP contribution is 2.16. The zero-order valence-electron chi connectivity index (χ0n) is 8.94. The van der Waals surface area contributed by atoms with Crippen LogP contribution < -0.4 is 0 Å². The Kier molecular flexibility index (Phi) is 4.17. The minimum atomic E-state index is -2.94. The van der Waals surface area contributed by atoms with Crippen LogP contribution in [0.25, 0.3) is 0 Å². The number of hydrogen-bond donors (Lipinski definition) is 0. The van der Waals surface area contributed by atoms with Gasteiger partial charge in [0, 0.05) is 12.6 Å². The maximum Gasteiger partial charge on any atom is 0.236 e. The van der Waals surface area contributed by atoms with Crippen LogP contribution in [0.3, 0.4) is 0 Å². The molecule has 1 saturated heterocycles. The fraction of sp³-hybridized carbons (Fsp3) is 0.889. The standard InChI is InChI=1S/C9H16BrNO3S/c1-3-8(10)9(12)11-4-5-15(13,14)6-7(11)2/h7-8H,3-6H2,1-2H3. The van der Waals surface area contributed by atoms with Crippen molar-refractivity contribution in [3.63, 3.8) is 0 Å². The molecule has 6 heteroatoms. The van der Waals surface area contributed by atoms with Gasteiger partial charge in [-0.05, 0) is 13.3 Å². The Bertz CT molecular complexity index is 341. The average Bonchev–Trinajstić information content (AvgIpc) is 2.14. The quantitative estimate of drug-likeness (QED) is 0.709. The van der Waals surface area contributed by atoms with E-state index in [-0.39, 0.29) is 28.3 Å². The Hall–Kier alpha value is -0.100. The molecule has 0 bridgehead atoms. The number of halogens is 1. The fourth-order valence-corrected chi connectivity index (χ4v) is 3.50.